The summed E-state index contributed by atoms with van der Waals surface area (Å²) in [6, 6.07) is 5.76. The minimum atomic E-state index is -2.11. The predicted molar refractivity (Wildman–Crippen MR) is 199 cm³/mol. The van der Waals surface area contributed by atoms with E-state index in [0.29, 0.717) is 36.9 Å². The lowest BCUT2D eigenvalue weighted by molar-refractivity contribution is -0.162. The lowest BCUT2D eigenvalue weighted by Gasteiger charge is -2.43. The van der Waals surface area contributed by atoms with Crippen LogP contribution in [0.2, 0.25) is 18.1 Å². The maximum absolute atomic E-state index is 11.0. The fourth-order valence-electron chi connectivity index (χ4n) is 6.53. The fraction of sp³-hybridized carbons (Fsp3) is 0.795. The second kappa shape index (κ2) is 20.5. The number of aliphatic hydroxyl groups is 1. The van der Waals surface area contributed by atoms with Gasteiger partial charge in [-0.2, -0.15) is 0 Å². The molecule has 1 aliphatic heterocycles. The molecule has 0 amide bonds. The summed E-state index contributed by atoms with van der Waals surface area (Å²) in [4.78, 5) is 0. The first-order valence-electron chi connectivity index (χ1n) is 18.1. The van der Waals surface area contributed by atoms with Crippen LogP contribution in [0, 0.1) is 23.7 Å². The van der Waals surface area contributed by atoms with E-state index in [1.54, 1.807) is 34.5 Å². The van der Waals surface area contributed by atoms with E-state index in [4.69, 9.17) is 37.6 Å². The van der Waals surface area contributed by atoms with Crippen LogP contribution in [-0.4, -0.2) is 85.5 Å². The maximum Gasteiger partial charge on any atom is 0.192 e. The van der Waals surface area contributed by atoms with Crippen molar-refractivity contribution >= 4 is 8.32 Å². The van der Waals surface area contributed by atoms with Gasteiger partial charge >= 0.3 is 0 Å². The molecule has 49 heavy (non-hydrogen) atoms. The summed E-state index contributed by atoms with van der Waals surface area (Å²) < 4.78 is 48.4. The molecule has 9 nitrogen and oxygen atoms in total. The lowest BCUT2D eigenvalue weighted by atomic mass is 9.84. The summed E-state index contributed by atoms with van der Waals surface area (Å²) >= 11 is 0. The lowest BCUT2D eigenvalue weighted by Crippen LogP contribution is -2.48. The summed E-state index contributed by atoms with van der Waals surface area (Å²) in [7, 11) is 4.62. The Morgan fingerprint density at radius 3 is 2.22 bits per heavy atom. The van der Waals surface area contributed by atoms with Gasteiger partial charge in [-0.05, 0) is 73.3 Å². The van der Waals surface area contributed by atoms with Crippen molar-refractivity contribution < 1.29 is 42.7 Å². The molecule has 0 aliphatic carbocycles. The van der Waals surface area contributed by atoms with Crippen molar-refractivity contribution in [2.45, 2.75) is 142 Å². The zero-order valence-corrected chi connectivity index (χ0v) is 34.0. The van der Waals surface area contributed by atoms with Gasteiger partial charge < -0.3 is 42.7 Å². The first-order chi connectivity index (χ1) is 23.0. The van der Waals surface area contributed by atoms with Crippen molar-refractivity contribution in [1.29, 1.82) is 0 Å². The van der Waals surface area contributed by atoms with E-state index in [9.17, 15) is 5.11 Å². The zero-order valence-electron chi connectivity index (χ0n) is 33.0. The molecule has 1 aromatic carbocycles. The molecule has 10 atom stereocenters. The zero-order chi connectivity index (χ0) is 36.9. The van der Waals surface area contributed by atoms with Crippen molar-refractivity contribution in [2.24, 2.45) is 23.7 Å². The van der Waals surface area contributed by atoms with Gasteiger partial charge in [0.25, 0.3) is 0 Å². The molecule has 10 heteroatoms. The van der Waals surface area contributed by atoms with Gasteiger partial charge in [0.1, 0.15) is 6.79 Å². The van der Waals surface area contributed by atoms with Gasteiger partial charge in [0.05, 0.1) is 51.3 Å². The molecule has 1 N–H and O–H groups in total. The quantitative estimate of drug-likeness (QED) is 0.0520. The smallest absolute Gasteiger partial charge is 0.192 e. The van der Waals surface area contributed by atoms with Crippen LogP contribution in [0.1, 0.15) is 86.1 Å². The van der Waals surface area contributed by atoms with Crippen LogP contribution in [-0.2, 0) is 34.7 Å². The third kappa shape index (κ3) is 12.9. The van der Waals surface area contributed by atoms with Crippen LogP contribution < -0.4 is 9.47 Å². The van der Waals surface area contributed by atoms with E-state index < -0.39 is 14.4 Å². The number of hydrogen-bond donors (Lipinski definition) is 1. The third-order valence-electron chi connectivity index (χ3n) is 11.0. The second-order valence-corrected chi connectivity index (χ2v) is 20.4. The number of ether oxygens (including phenoxy) is 7. The van der Waals surface area contributed by atoms with Gasteiger partial charge in [0, 0.05) is 32.5 Å². The van der Waals surface area contributed by atoms with Gasteiger partial charge in [0.15, 0.2) is 26.1 Å². The molecule has 0 spiro atoms. The molecular formula is C39H70O9Si. The Hall–Kier alpha value is -1.50. The van der Waals surface area contributed by atoms with Crippen LogP contribution >= 0.6 is 0 Å². The fourth-order valence-corrected chi connectivity index (χ4v) is 7.95. The number of methoxy groups -OCH3 is 4. The van der Waals surface area contributed by atoms with E-state index in [1.807, 2.05) is 18.2 Å². The van der Waals surface area contributed by atoms with E-state index in [0.717, 1.165) is 24.8 Å². The van der Waals surface area contributed by atoms with Crippen molar-refractivity contribution in [3.05, 3.63) is 36.4 Å². The van der Waals surface area contributed by atoms with Gasteiger partial charge in [0.2, 0.25) is 0 Å². The van der Waals surface area contributed by atoms with Crippen molar-refractivity contribution in [1.82, 2.24) is 0 Å². The molecule has 284 valence electrons. The van der Waals surface area contributed by atoms with Crippen molar-refractivity contribution in [2.75, 3.05) is 35.2 Å². The van der Waals surface area contributed by atoms with Gasteiger partial charge in [-0.25, -0.2) is 0 Å². The average molecular weight is 711 g/mol. The summed E-state index contributed by atoms with van der Waals surface area (Å²) in [6.45, 7) is 24.5. The highest BCUT2D eigenvalue weighted by Gasteiger charge is 2.43. The van der Waals surface area contributed by atoms with Crippen molar-refractivity contribution in [3.63, 3.8) is 0 Å². The predicted octanol–water partition coefficient (Wildman–Crippen LogP) is 8.38. The van der Waals surface area contributed by atoms with E-state index in [1.165, 1.54) is 0 Å². The minimum Gasteiger partial charge on any atom is -0.493 e. The Morgan fingerprint density at radius 1 is 1.00 bits per heavy atom. The monoisotopic (exact) mass is 710 g/mol. The Balaban J connectivity index is 2.17. The van der Waals surface area contributed by atoms with E-state index >= 15 is 0 Å². The third-order valence-corrected chi connectivity index (χ3v) is 15.6. The van der Waals surface area contributed by atoms with Crippen molar-refractivity contribution in [3.8, 4) is 11.5 Å². The van der Waals surface area contributed by atoms with Gasteiger partial charge in [-0.15, -0.1) is 6.58 Å². The molecule has 0 radical (unpaired) electrons. The number of aliphatic hydroxyl groups excluding tert-OH is 1. The van der Waals surface area contributed by atoms with E-state index in [-0.39, 0.29) is 60.3 Å². The Labute approximate surface area is 299 Å². The van der Waals surface area contributed by atoms with Gasteiger partial charge in [-0.1, -0.05) is 60.6 Å². The highest BCUT2D eigenvalue weighted by Crippen LogP contribution is 2.40. The standard InChI is InChI=1S/C39H70O9Si/c1-15-16-31(40)28(4)35(48-49(13,14)39(6,7)8)23-34(42-10)26(2)17-19-32(29(5)38-27(3)21-37(44-12)47-38)46-25-45-24-30-18-20-33(41-9)36(22-30)43-11/h15,18,20,22,26-29,31-32,34-35,37-38,40H,1,16-17,19,21,23-25H2,2-14H3/t26-,27+,28+,29-,31-,32+,34-,35-,37?,38+/m0/s1. The molecule has 2 rings (SSSR count). The molecule has 1 saturated heterocycles. The topological polar surface area (TPSA) is 94.1 Å². The molecule has 1 fully saturated rings. The maximum atomic E-state index is 11.0. The Kier molecular flexibility index (Phi) is 18.3. The highest BCUT2D eigenvalue weighted by molar-refractivity contribution is 6.74. The largest absolute Gasteiger partial charge is 0.493 e. The SMILES string of the molecule is C=CC[C@H](O)[C@@H](C)[C@H](C[C@H](OC)[C@@H](C)CC[C@@H](OCOCc1ccc(OC)c(OC)c1)[C@H](C)[C@@H]1OC(OC)C[C@H]1C)O[Si](C)(C)C(C)(C)C. The van der Waals surface area contributed by atoms with Crippen LogP contribution in [0.25, 0.3) is 0 Å². The normalized spacial score (nSPS) is 22.9. The summed E-state index contributed by atoms with van der Waals surface area (Å²) in [5, 5.41) is 11.0. The summed E-state index contributed by atoms with van der Waals surface area (Å²) in [5.41, 5.74) is 0.972. The Morgan fingerprint density at radius 2 is 1.67 bits per heavy atom. The van der Waals surface area contributed by atoms with E-state index in [2.05, 4.69) is 68.1 Å². The van der Waals surface area contributed by atoms with Crippen LogP contribution in [0.4, 0.5) is 0 Å². The molecular weight excluding hydrogens is 641 g/mol. The Bertz CT molecular complexity index is 1090. The molecule has 1 unspecified atom stereocenters. The molecule has 0 bridgehead atoms. The molecule has 1 aromatic rings. The average Bonchev–Trinajstić information content (AvgIpc) is 3.45. The summed E-state index contributed by atoms with van der Waals surface area (Å²) in [5.74, 6) is 1.97. The van der Waals surface area contributed by atoms with Crippen LogP contribution in [0.5, 0.6) is 11.5 Å². The molecule has 0 saturated carbocycles. The molecule has 0 aromatic heterocycles. The molecule has 1 aliphatic rings. The number of rotatable bonds is 23. The van der Waals surface area contributed by atoms with Gasteiger partial charge in [-0.3, -0.25) is 0 Å². The summed E-state index contributed by atoms with van der Waals surface area (Å²) in [6.07, 6.45) is 4.58. The number of hydrogen-bond acceptors (Lipinski definition) is 9. The second-order valence-electron chi connectivity index (χ2n) is 15.6. The number of benzene rings is 1. The van der Waals surface area contributed by atoms with Crippen LogP contribution in [0.3, 0.4) is 0 Å². The first-order valence-corrected chi connectivity index (χ1v) is 21.0. The molecule has 1 heterocycles. The van der Waals surface area contributed by atoms with Crippen LogP contribution in [0.15, 0.2) is 30.9 Å². The first kappa shape index (κ1) is 43.7. The highest BCUT2D eigenvalue weighted by atomic mass is 28.4. The minimum absolute atomic E-state index is 0.0175.